The predicted octanol–water partition coefficient (Wildman–Crippen LogP) is 4.94. The molecule has 0 aliphatic heterocycles. The van der Waals surface area contributed by atoms with Gasteiger partial charge in [0.2, 0.25) is 0 Å². The molecule has 0 atom stereocenters. The van der Waals surface area contributed by atoms with Gasteiger partial charge in [0.25, 0.3) is 0 Å². The highest BCUT2D eigenvalue weighted by molar-refractivity contribution is 9.10. The monoisotopic (exact) mass is 389 g/mol. The lowest BCUT2D eigenvalue weighted by molar-refractivity contribution is 0.696. The number of hydrogen-bond acceptors (Lipinski definition) is 4. The van der Waals surface area contributed by atoms with E-state index < -0.39 is 0 Å². The van der Waals surface area contributed by atoms with Gasteiger partial charge in [-0.15, -0.1) is 11.3 Å². The summed E-state index contributed by atoms with van der Waals surface area (Å²) < 4.78 is 1.09. The number of nitrogens with one attached hydrogen (secondary N) is 1. The fourth-order valence-corrected chi connectivity index (χ4v) is 5.03. The van der Waals surface area contributed by atoms with Gasteiger partial charge in [-0.25, -0.2) is 0 Å². The second-order valence-corrected chi connectivity index (χ2v) is 8.02. The van der Waals surface area contributed by atoms with Gasteiger partial charge >= 0.3 is 0 Å². The van der Waals surface area contributed by atoms with Crippen molar-refractivity contribution in [1.82, 2.24) is 0 Å². The van der Waals surface area contributed by atoms with Crippen LogP contribution in [-0.2, 0) is 19.4 Å². The summed E-state index contributed by atoms with van der Waals surface area (Å²) >= 11 is 5.39. The normalized spacial score (nSPS) is 13.3. The Kier molecular flexibility index (Phi) is 4.93. The van der Waals surface area contributed by atoms with Crippen LogP contribution in [0.15, 0.2) is 22.7 Å². The van der Waals surface area contributed by atoms with Crippen molar-refractivity contribution in [3.63, 3.8) is 0 Å². The lowest BCUT2D eigenvalue weighted by atomic mass is 9.96. The highest BCUT2D eigenvalue weighted by atomic mass is 79.9. The maximum absolute atomic E-state index is 9.51. The number of halogens is 1. The topological polar surface area (TPSA) is 39.1 Å². The van der Waals surface area contributed by atoms with Crippen molar-refractivity contribution in [1.29, 1.82) is 5.26 Å². The predicted molar refractivity (Wildman–Crippen MR) is 101 cm³/mol. The highest BCUT2D eigenvalue weighted by Gasteiger charge is 2.20. The summed E-state index contributed by atoms with van der Waals surface area (Å²) in [5.74, 6) is 0. The first kappa shape index (κ1) is 16.4. The average Bonchev–Trinajstić information content (AvgIpc) is 2.90. The van der Waals surface area contributed by atoms with Crippen LogP contribution in [0.1, 0.15) is 34.4 Å². The molecule has 0 fully saturated rings. The molecule has 1 aromatic heterocycles. The lowest BCUT2D eigenvalue weighted by Gasteiger charge is -2.15. The number of nitrogens with zero attached hydrogens (tertiary/aromatic N) is 2. The van der Waals surface area contributed by atoms with Crippen LogP contribution in [0, 0.1) is 11.3 Å². The molecule has 0 saturated carbocycles. The van der Waals surface area contributed by atoms with Crippen LogP contribution in [0.3, 0.4) is 0 Å². The van der Waals surface area contributed by atoms with Crippen molar-refractivity contribution in [2.24, 2.45) is 0 Å². The molecule has 0 spiro atoms. The molecule has 1 aromatic carbocycles. The molecule has 0 saturated heterocycles. The smallest absolute Gasteiger partial charge is 0.107 e. The first-order chi connectivity index (χ1) is 11.1. The average molecular weight is 390 g/mol. The number of fused-ring (bicyclic) bond motifs is 1. The summed E-state index contributed by atoms with van der Waals surface area (Å²) in [6.07, 6.45) is 4.63. The Morgan fingerprint density at radius 3 is 2.78 bits per heavy atom. The van der Waals surface area contributed by atoms with Crippen LogP contribution in [0.4, 0.5) is 10.7 Å². The molecule has 1 aliphatic carbocycles. The molecule has 120 valence electrons. The van der Waals surface area contributed by atoms with Crippen LogP contribution >= 0.6 is 27.3 Å². The van der Waals surface area contributed by atoms with Crippen molar-refractivity contribution < 1.29 is 0 Å². The zero-order chi connectivity index (χ0) is 16.4. The molecule has 0 bridgehead atoms. The second-order valence-electron chi connectivity index (χ2n) is 6.06. The van der Waals surface area contributed by atoms with Gasteiger partial charge in [0, 0.05) is 30.0 Å². The quantitative estimate of drug-likeness (QED) is 0.804. The fraction of sp³-hybridized carbons (Fsp3) is 0.389. The Hall–Kier alpha value is -1.51. The fourth-order valence-electron chi connectivity index (χ4n) is 3.01. The molecular weight excluding hydrogens is 370 g/mol. The molecular formula is C18H20BrN3S. The van der Waals surface area contributed by atoms with Gasteiger partial charge in [-0.05, 0) is 64.9 Å². The maximum Gasteiger partial charge on any atom is 0.107 e. The standard InChI is InChI=1S/C18H20BrN3S/c1-22(2)16-8-7-12(9-15(16)19)11-21-18-14(10-20)13-5-3-4-6-17(13)23-18/h7-9,21H,3-6,11H2,1-2H3. The molecule has 5 heteroatoms. The SMILES string of the molecule is CN(C)c1ccc(CNc2sc3c(c2C#N)CCCC3)cc1Br. The molecule has 0 unspecified atom stereocenters. The van der Waals surface area contributed by atoms with E-state index in [1.165, 1.54) is 28.8 Å². The number of aryl methyl sites for hydroxylation is 1. The Morgan fingerprint density at radius 1 is 1.30 bits per heavy atom. The zero-order valence-corrected chi connectivity index (χ0v) is 15.9. The number of hydrogen-bond donors (Lipinski definition) is 1. The van der Waals surface area contributed by atoms with E-state index in [1.54, 1.807) is 11.3 Å². The van der Waals surface area contributed by atoms with Crippen LogP contribution in [-0.4, -0.2) is 14.1 Å². The number of nitriles is 1. The van der Waals surface area contributed by atoms with E-state index >= 15 is 0 Å². The molecule has 0 radical (unpaired) electrons. The van der Waals surface area contributed by atoms with Gasteiger partial charge in [-0.2, -0.15) is 5.26 Å². The largest absolute Gasteiger partial charge is 0.377 e. The van der Waals surface area contributed by atoms with E-state index in [0.29, 0.717) is 0 Å². The van der Waals surface area contributed by atoms with E-state index in [1.807, 2.05) is 14.1 Å². The second kappa shape index (κ2) is 6.94. The number of thiophene rings is 1. The molecule has 23 heavy (non-hydrogen) atoms. The van der Waals surface area contributed by atoms with Gasteiger partial charge in [0.1, 0.15) is 11.1 Å². The Bertz CT molecular complexity index is 758. The van der Waals surface area contributed by atoms with Gasteiger partial charge in [-0.3, -0.25) is 0 Å². The van der Waals surface area contributed by atoms with E-state index in [2.05, 4.69) is 50.4 Å². The Morgan fingerprint density at radius 2 is 2.09 bits per heavy atom. The van der Waals surface area contributed by atoms with Crippen LogP contribution in [0.25, 0.3) is 0 Å². The van der Waals surface area contributed by atoms with Crippen molar-refractivity contribution in [3.8, 4) is 6.07 Å². The molecule has 2 aromatic rings. The summed E-state index contributed by atoms with van der Waals surface area (Å²) in [6, 6.07) is 8.80. The molecule has 1 N–H and O–H groups in total. The van der Waals surface area contributed by atoms with Crippen molar-refractivity contribution in [2.45, 2.75) is 32.2 Å². The van der Waals surface area contributed by atoms with Crippen LogP contribution < -0.4 is 10.2 Å². The summed E-state index contributed by atoms with van der Waals surface area (Å²) in [6.45, 7) is 0.736. The van der Waals surface area contributed by atoms with Crippen LogP contribution in [0.2, 0.25) is 0 Å². The summed E-state index contributed by atoms with van der Waals surface area (Å²) in [7, 11) is 4.07. The van der Waals surface area contributed by atoms with Gasteiger partial charge in [0.05, 0.1) is 11.3 Å². The lowest BCUT2D eigenvalue weighted by Crippen LogP contribution is -2.09. The highest BCUT2D eigenvalue weighted by Crippen LogP contribution is 2.38. The zero-order valence-electron chi connectivity index (χ0n) is 13.4. The Balaban J connectivity index is 1.78. The van der Waals surface area contributed by atoms with E-state index in [4.69, 9.17) is 0 Å². The molecule has 1 aliphatic rings. The third kappa shape index (κ3) is 3.39. The third-order valence-electron chi connectivity index (χ3n) is 4.23. The first-order valence-electron chi connectivity index (χ1n) is 7.84. The first-order valence-corrected chi connectivity index (χ1v) is 9.45. The molecule has 0 amide bonds. The number of rotatable bonds is 4. The molecule has 3 nitrogen and oxygen atoms in total. The maximum atomic E-state index is 9.51. The van der Waals surface area contributed by atoms with Crippen molar-refractivity contribution >= 4 is 38.0 Å². The van der Waals surface area contributed by atoms with Gasteiger partial charge < -0.3 is 10.2 Å². The molecule has 3 rings (SSSR count). The third-order valence-corrected chi connectivity index (χ3v) is 6.11. The van der Waals surface area contributed by atoms with Crippen LogP contribution in [0.5, 0.6) is 0 Å². The minimum Gasteiger partial charge on any atom is -0.377 e. The van der Waals surface area contributed by atoms with Crippen molar-refractivity contribution in [2.75, 3.05) is 24.3 Å². The number of benzene rings is 1. The van der Waals surface area contributed by atoms with E-state index in [-0.39, 0.29) is 0 Å². The summed E-state index contributed by atoms with van der Waals surface area (Å²) in [5.41, 5.74) is 4.53. The van der Waals surface area contributed by atoms with Crippen molar-refractivity contribution in [3.05, 3.63) is 44.2 Å². The number of anilines is 2. The van der Waals surface area contributed by atoms with Gasteiger partial charge in [0.15, 0.2) is 0 Å². The Labute approximate surface area is 150 Å². The minimum absolute atomic E-state index is 0.736. The molecule has 1 heterocycles. The summed E-state index contributed by atoms with van der Waals surface area (Å²) in [5, 5.41) is 14.0. The summed E-state index contributed by atoms with van der Waals surface area (Å²) in [4.78, 5) is 3.49. The van der Waals surface area contributed by atoms with Gasteiger partial charge in [-0.1, -0.05) is 6.07 Å². The minimum atomic E-state index is 0.736. The van der Waals surface area contributed by atoms with E-state index in [9.17, 15) is 5.26 Å². The van der Waals surface area contributed by atoms with E-state index in [0.717, 1.165) is 40.1 Å².